The molecule has 0 aliphatic carbocycles. The molecule has 0 saturated carbocycles. The molecule has 7 atom stereocenters. The summed E-state index contributed by atoms with van der Waals surface area (Å²) in [7, 11) is -3.25. The Balaban J connectivity index is 1.52. The lowest BCUT2D eigenvalue weighted by Gasteiger charge is -2.24. The molecule has 7 heteroatoms. The molecule has 0 N–H and O–H groups in total. The molecule has 0 spiro atoms. The van der Waals surface area contributed by atoms with E-state index in [1.165, 1.54) is 6.66 Å². The first kappa shape index (κ1) is 22.6. The monoisotopic (exact) mass is 424 g/mol. The summed E-state index contributed by atoms with van der Waals surface area (Å²) in [6, 6.07) is 9.21. The second-order valence-electron chi connectivity index (χ2n) is 8.34. The van der Waals surface area contributed by atoms with E-state index in [-0.39, 0.29) is 42.9 Å². The molecule has 1 aromatic carbocycles. The molecule has 1 aromatic rings. The zero-order valence-electron chi connectivity index (χ0n) is 17.8. The van der Waals surface area contributed by atoms with Crippen LogP contribution in [0.1, 0.15) is 56.8 Å². The van der Waals surface area contributed by atoms with Gasteiger partial charge < -0.3 is 18.5 Å². The number of hydrogen-bond acceptors (Lipinski definition) is 6. The topological polar surface area (TPSA) is 71.1 Å². The van der Waals surface area contributed by atoms with Gasteiger partial charge in [-0.25, -0.2) is 0 Å². The average molecular weight is 424 g/mol. The molecular formula is C22H33O6P. The first-order valence-corrected chi connectivity index (χ1v) is 12.6. The maximum Gasteiger partial charge on any atom is 0.328 e. The highest BCUT2D eigenvalue weighted by molar-refractivity contribution is 7.53. The van der Waals surface area contributed by atoms with E-state index in [2.05, 4.69) is 6.92 Å². The van der Waals surface area contributed by atoms with Gasteiger partial charge in [0.05, 0.1) is 37.1 Å². The number of rotatable bonds is 9. The second-order valence-corrected chi connectivity index (χ2v) is 10.4. The smallest absolute Gasteiger partial charge is 0.328 e. The molecule has 2 heterocycles. The zero-order chi connectivity index (χ0) is 21.0. The summed E-state index contributed by atoms with van der Waals surface area (Å²) in [6.07, 6.45) is 1.90. The van der Waals surface area contributed by atoms with Crippen molar-refractivity contribution >= 4 is 13.4 Å². The zero-order valence-corrected chi connectivity index (χ0v) is 18.7. The standard InChI is InChI=1S/C22H33O6P/c1-5-20-21(13-18(27-20)12-19(23)17-9-7-6-8-10-17)28-29(4,24)25-14-22-15(2)11-16(3)26-22/h6-10,15-16,18,20-22H,5,11-14H2,1-4H3/t15-,16-,18-,20+,21-,22+,29-/m0/s1. The minimum Gasteiger partial charge on any atom is -0.373 e. The van der Waals surface area contributed by atoms with E-state index in [0.29, 0.717) is 24.3 Å². The van der Waals surface area contributed by atoms with Crippen LogP contribution in [0, 0.1) is 5.92 Å². The third-order valence-electron chi connectivity index (χ3n) is 5.73. The Bertz CT molecular complexity index is 723. The van der Waals surface area contributed by atoms with Gasteiger partial charge in [0.1, 0.15) is 0 Å². The van der Waals surface area contributed by atoms with Gasteiger partial charge in [0.25, 0.3) is 0 Å². The maximum atomic E-state index is 12.9. The Morgan fingerprint density at radius 2 is 1.86 bits per heavy atom. The largest absolute Gasteiger partial charge is 0.373 e. The normalized spacial score (nSPS) is 34.2. The first-order chi connectivity index (χ1) is 13.8. The molecule has 2 aliphatic heterocycles. The molecule has 0 amide bonds. The molecule has 162 valence electrons. The Morgan fingerprint density at radius 1 is 1.14 bits per heavy atom. The maximum absolute atomic E-state index is 12.9. The minimum atomic E-state index is -3.25. The third kappa shape index (κ3) is 6.22. The number of carbonyl (C=O) groups is 1. The molecule has 0 bridgehead atoms. The summed E-state index contributed by atoms with van der Waals surface area (Å²) in [6.45, 7) is 7.92. The van der Waals surface area contributed by atoms with Crippen molar-refractivity contribution in [1.29, 1.82) is 0 Å². The molecule has 2 fully saturated rings. The Labute approximate surface area is 173 Å². The summed E-state index contributed by atoms with van der Waals surface area (Å²) < 4.78 is 36.3. The van der Waals surface area contributed by atoms with Crippen LogP contribution in [0.4, 0.5) is 0 Å². The van der Waals surface area contributed by atoms with Gasteiger partial charge in [0.15, 0.2) is 5.78 Å². The number of ketones is 1. The van der Waals surface area contributed by atoms with Crippen LogP contribution in [0.3, 0.4) is 0 Å². The number of Topliss-reactive ketones (excluding diaryl/α,β-unsaturated/α-hetero) is 1. The van der Waals surface area contributed by atoms with E-state index >= 15 is 0 Å². The van der Waals surface area contributed by atoms with Crippen molar-refractivity contribution in [3.8, 4) is 0 Å². The molecule has 0 unspecified atom stereocenters. The fourth-order valence-corrected chi connectivity index (χ4v) is 5.40. The lowest BCUT2D eigenvalue weighted by Crippen LogP contribution is -2.24. The molecular weight excluding hydrogens is 391 g/mol. The molecule has 2 saturated heterocycles. The lowest BCUT2D eigenvalue weighted by molar-refractivity contribution is -0.00294. The average Bonchev–Trinajstić information content (AvgIpc) is 3.21. The third-order valence-corrected chi connectivity index (χ3v) is 7.01. The van der Waals surface area contributed by atoms with E-state index in [4.69, 9.17) is 18.5 Å². The molecule has 6 nitrogen and oxygen atoms in total. The van der Waals surface area contributed by atoms with Gasteiger partial charge in [0, 0.05) is 25.1 Å². The molecule has 2 aliphatic rings. The van der Waals surface area contributed by atoms with Crippen molar-refractivity contribution in [2.75, 3.05) is 13.3 Å². The predicted octanol–water partition coefficient (Wildman–Crippen LogP) is 4.87. The quantitative estimate of drug-likeness (QED) is 0.416. The minimum absolute atomic E-state index is 0.0449. The van der Waals surface area contributed by atoms with Crippen molar-refractivity contribution in [3.63, 3.8) is 0 Å². The fraction of sp³-hybridized carbons (Fsp3) is 0.682. The number of benzene rings is 1. The summed E-state index contributed by atoms with van der Waals surface area (Å²) in [5.41, 5.74) is 0.679. The van der Waals surface area contributed by atoms with Crippen molar-refractivity contribution in [3.05, 3.63) is 35.9 Å². The summed E-state index contributed by atoms with van der Waals surface area (Å²) >= 11 is 0. The van der Waals surface area contributed by atoms with E-state index in [0.717, 1.165) is 12.8 Å². The van der Waals surface area contributed by atoms with Gasteiger partial charge in [-0.15, -0.1) is 0 Å². The number of carbonyl (C=O) groups excluding carboxylic acids is 1. The van der Waals surface area contributed by atoms with Crippen molar-refractivity contribution in [1.82, 2.24) is 0 Å². The second kappa shape index (κ2) is 9.84. The highest BCUT2D eigenvalue weighted by Gasteiger charge is 2.40. The van der Waals surface area contributed by atoms with Crippen molar-refractivity contribution in [2.45, 2.75) is 77.0 Å². The lowest BCUT2D eigenvalue weighted by atomic mass is 10.0. The molecule has 0 radical (unpaired) electrons. The van der Waals surface area contributed by atoms with Crippen LogP contribution in [0.5, 0.6) is 0 Å². The first-order valence-electron chi connectivity index (χ1n) is 10.6. The Kier molecular flexibility index (Phi) is 7.69. The van der Waals surface area contributed by atoms with Crippen LogP contribution < -0.4 is 0 Å². The molecule has 3 rings (SSSR count). The highest BCUT2D eigenvalue weighted by Crippen LogP contribution is 2.49. The molecule has 0 aromatic heterocycles. The van der Waals surface area contributed by atoms with Crippen LogP contribution in [0.25, 0.3) is 0 Å². The van der Waals surface area contributed by atoms with Crippen LogP contribution >= 0.6 is 7.60 Å². The number of ether oxygens (including phenoxy) is 2. The van der Waals surface area contributed by atoms with Gasteiger partial charge >= 0.3 is 7.60 Å². The van der Waals surface area contributed by atoms with E-state index in [9.17, 15) is 9.36 Å². The van der Waals surface area contributed by atoms with Gasteiger partial charge in [-0.05, 0) is 25.7 Å². The van der Waals surface area contributed by atoms with Crippen LogP contribution in [0.2, 0.25) is 0 Å². The highest BCUT2D eigenvalue weighted by atomic mass is 31.2. The van der Waals surface area contributed by atoms with E-state index in [1.807, 2.05) is 44.2 Å². The Hall–Kier alpha value is -1.04. The van der Waals surface area contributed by atoms with E-state index in [1.54, 1.807) is 0 Å². The van der Waals surface area contributed by atoms with Crippen molar-refractivity contribution in [2.24, 2.45) is 5.92 Å². The van der Waals surface area contributed by atoms with Crippen LogP contribution in [-0.4, -0.2) is 49.6 Å². The molecule has 29 heavy (non-hydrogen) atoms. The van der Waals surface area contributed by atoms with Gasteiger partial charge in [0.2, 0.25) is 0 Å². The summed E-state index contributed by atoms with van der Waals surface area (Å²) in [4.78, 5) is 12.5. The van der Waals surface area contributed by atoms with Crippen LogP contribution in [-0.2, 0) is 23.1 Å². The predicted molar refractivity (Wildman–Crippen MR) is 111 cm³/mol. The van der Waals surface area contributed by atoms with Crippen molar-refractivity contribution < 1.29 is 27.9 Å². The summed E-state index contributed by atoms with van der Waals surface area (Å²) in [5.74, 6) is 0.417. The van der Waals surface area contributed by atoms with Crippen LogP contribution in [0.15, 0.2) is 30.3 Å². The fourth-order valence-electron chi connectivity index (χ4n) is 4.20. The van der Waals surface area contributed by atoms with Gasteiger partial charge in [-0.2, -0.15) is 0 Å². The SMILES string of the molecule is CC[C@H]1O[C@@H](CC(=O)c2ccccc2)C[C@@H]1O[P@@](C)(=O)OC[C@H]1O[C@@H](C)C[C@@H]1C. The Morgan fingerprint density at radius 3 is 2.48 bits per heavy atom. The number of hydrogen-bond donors (Lipinski definition) is 0. The van der Waals surface area contributed by atoms with Gasteiger partial charge in [-0.1, -0.05) is 44.2 Å². The summed E-state index contributed by atoms with van der Waals surface area (Å²) in [5, 5.41) is 0. The van der Waals surface area contributed by atoms with E-state index < -0.39 is 7.60 Å². The van der Waals surface area contributed by atoms with Gasteiger partial charge in [-0.3, -0.25) is 9.36 Å².